The maximum atomic E-state index is 13.7. The lowest BCUT2D eigenvalue weighted by atomic mass is 10.0. The van der Waals surface area contributed by atoms with Gasteiger partial charge in [0.1, 0.15) is 5.69 Å². The van der Waals surface area contributed by atoms with Crippen LogP contribution in [0.1, 0.15) is 31.8 Å². The Balaban J connectivity index is 1.48. The van der Waals surface area contributed by atoms with E-state index in [1.54, 1.807) is 30.3 Å². The van der Waals surface area contributed by atoms with Crippen molar-refractivity contribution in [3.63, 3.8) is 0 Å². The number of aromatic carboxylic acids is 1. The second kappa shape index (κ2) is 9.91. The minimum absolute atomic E-state index is 0.0369. The molecule has 0 fully saturated rings. The van der Waals surface area contributed by atoms with Crippen molar-refractivity contribution < 1.29 is 14.7 Å². The van der Waals surface area contributed by atoms with Gasteiger partial charge < -0.3 is 15.7 Å². The number of anilines is 3. The molecule has 0 radical (unpaired) electrons. The molecule has 0 spiro atoms. The van der Waals surface area contributed by atoms with Gasteiger partial charge in [0.15, 0.2) is 0 Å². The Morgan fingerprint density at radius 2 is 1.52 bits per heavy atom. The summed E-state index contributed by atoms with van der Waals surface area (Å²) >= 11 is 1.44. The molecule has 1 aliphatic carbocycles. The van der Waals surface area contributed by atoms with Crippen LogP contribution in [0.4, 0.5) is 17.1 Å². The fourth-order valence-electron chi connectivity index (χ4n) is 4.68. The highest BCUT2D eigenvalue weighted by molar-refractivity contribution is 7.22. The second-order valence-electron chi connectivity index (χ2n) is 9.59. The van der Waals surface area contributed by atoms with Crippen LogP contribution in [0.5, 0.6) is 0 Å². The van der Waals surface area contributed by atoms with E-state index in [-0.39, 0.29) is 22.6 Å². The number of carboxylic acid groups (broad SMARTS) is 1. The van der Waals surface area contributed by atoms with E-state index in [4.69, 9.17) is 4.98 Å². The number of para-hydroxylation sites is 1. The van der Waals surface area contributed by atoms with Crippen LogP contribution < -0.4 is 16.1 Å². The van der Waals surface area contributed by atoms with E-state index >= 15 is 0 Å². The minimum atomic E-state index is -1.16. The van der Waals surface area contributed by atoms with Gasteiger partial charge in [0.05, 0.1) is 26.4 Å². The molecule has 6 rings (SSSR count). The first-order valence-corrected chi connectivity index (χ1v) is 13.4. The first-order chi connectivity index (χ1) is 19.3. The van der Waals surface area contributed by atoms with E-state index in [1.807, 2.05) is 56.3 Å². The van der Waals surface area contributed by atoms with Crippen molar-refractivity contribution in [2.24, 2.45) is 0 Å². The van der Waals surface area contributed by atoms with Crippen molar-refractivity contribution >= 4 is 61.3 Å². The number of carbonyl (C=O) groups is 2. The number of aromatic nitrogens is 1. The zero-order valence-corrected chi connectivity index (χ0v) is 22.4. The van der Waals surface area contributed by atoms with Crippen molar-refractivity contribution in [1.82, 2.24) is 4.98 Å². The molecule has 3 N–H and O–H groups in total. The van der Waals surface area contributed by atoms with E-state index in [0.717, 1.165) is 26.7 Å². The third kappa shape index (κ3) is 4.54. The number of nitrogens with zero attached hydrogens (tertiary/aromatic N) is 1. The largest absolute Gasteiger partial charge is 0.478 e. The van der Waals surface area contributed by atoms with Crippen LogP contribution in [0.3, 0.4) is 0 Å². The summed E-state index contributed by atoms with van der Waals surface area (Å²) in [6, 6.07) is 24.8. The summed E-state index contributed by atoms with van der Waals surface area (Å²) in [4.78, 5) is 44.3. The third-order valence-electron chi connectivity index (χ3n) is 6.88. The number of aryl methyl sites for hydroxylation is 2. The molecule has 40 heavy (non-hydrogen) atoms. The Morgan fingerprint density at radius 1 is 0.800 bits per heavy atom. The molecule has 7 nitrogen and oxygen atoms in total. The monoisotopic (exact) mass is 545 g/mol. The van der Waals surface area contributed by atoms with Crippen molar-refractivity contribution in [1.29, 1.82) is 0 Å². The van der Waals surface area contributed by atoms with E-state index in [1.165, 1.54) is 23.5 Å². The average Bonchev–Trinajstić information content (AvgIpc) is 2.95. The first kappa shape index (κ1) is 25.2. The summed E-state index contributed by atoms with van der Waals surface area (Å²) in [7, 11) is 0. The summed E-state index contributed by atoms with van der Waals surface area (Å²) in [5.74, 6) is -1.53. The number of hydrogen-bond donors (Lipinski definition) is 3. The molecule has 0 unspecified atom stereocenters. The van der Waals surface area contributed by atoms with Crippen LogP contribution in [0, 0.1) is 13.8 Å². The van der Waals surface area contributed by atoms with Crippen LogP contribution in [0.2, 0.25) is 0 Å². The Kier molecular flexibility index (Phi) is 6.24. The fraction of sp³-hybridized carbons (Fsp3) is 0.0625. The van der Waals surface area contributed by atoms with Gasteiger partial charge in [-0.2, -0.15) is 0 Å². The van der Waals surface area contributed by atoms with Crippen LogP contribution in [0.15, 0.2) is 89.7 Å². The van der Waals surface area contributed by atoms with Gasteiger partial charge in [-0.1, -0.05) is 42.5 Å². The molecule has 1 aliphatic heterocycles. The lowest BCUT2D eigenvalue weighted by Crippen LogP contribution is -2.14. The van der Waals surface area contributed by atoms with Crippen molar-refractivity contribution in [2.45, 2.75) is 13.8 Å². The highest BCUT2D eigenvalue weighted by Gasteiger charge is 2.21. The molecular weight excluding hydrogens is 522 g/mol. The van der Waals surface area contributed by atoms with Crippen molar-refractivity contribution in [3.05, 3.63) is 117 Å². The van der Waals surface area contributed by atoms with E-state index in [0.29, 0.717) is 32.9 Å². The normalized spacial score (nSPS) is 11.2. The van der Waals surface area contributed by atoms with Crippen molar-refractivity contribution in [2.75, 3.05) is 10.6 Å². The molecular formula is C32H23N3O4S. The number of carboxylic acids is 1. The van der Waals surface area contributed by atoms with Gasteiger partial charge in [-0.15, -0.1) is 11.3 Å². The number of amides is 1. The van der Waals surface area contributed by atoms with Crippen molar-refractivity contribution in [3.8, 4) is 10.6 Å². The summed E-state index contributed by atoms with van der Waals surface area (Å²) in [6.07, 6.45) is 0. The average molecular weight is 546 g/mol. The molecule has 0 saturated heterocycles. The van der Waals surface area contributed by atoms with Crippen LogP contribution >= 0.6 is 11.3 Å². The van der Waals surface area contributed by atoms with Gasteiger partial charge >= 0.3 is 5.97 Å². The van der Waals surface area contributed by atoms with E-state index in [9.17, 15) is 19.5 Å². The lowest BCUT2D eigenvalue weighted by Gasteiger charge is -2.17. The minimum Gasteiger partial charge on any atom is -0.478 e. The Bertz CT molecular complexity index is 2010. The maximum Gasteiger partial charge on any atom is 0.335 e. The molecule has 0 saturated carbocycles. The van der Waals surface area contributed by atoms with Gasteiger partial charge in [-0.3, -0.25) is 9.59 Å². The number of carbonyl (C=O) groups excluding carboxylic acids is 1. The first-order valence-electron chi connectivity index (χ1n) is 12.6. The maximum absolute atomic E-state index is 13.7. The summed E-state index contributed by atoms with van der Waals surface area (Å²) < 4.78 is 0.911. The van der Waals surface area contributed by atoms with Gasteiger partial charge in [0.25, 0.3) is 5.91 Å². The van der Waals surface area contributed by atoms with Crippen LogP contribution in [-0.2, 0) is 0 Å². The molecule has 0 atom stereocenters. The Morgan fingerprint density at radius 3 is 2.30 bits per heavy atom. The van der Waals surface area contributed by atoms with Gasteiger partial charge in [0, 0.05) is 27.7 Å². The number of hydrogen-bond acceptors (Lipinski definition) is 6. The van der Waals surface area contributed by atoms with Gasteiger partial charge in [0.2, 0.25) is 5.43 Å². The third-order valence-corrected chi connectivity index (χ3v) is 8.05. The molecule has 0 bridgehead atoms. The molecule has 0 aromatic heterocycles. The smallest absolute Gasteiger partial charge is 0.335 e. The standard InChI is InChI=1S/C32H23N3O4S/c1-17-11-12-19(13-18(17)2)31(37)34-22-15-20(32(38)39)14-21(16-22)33-28-29(36)24-8-4-3-7-23(24)27-30(28)40-26-10-6-5-9-25(26)35-27/h3-16,33H,1-2H3,(H,34,37)(H,38,39). The SMILES string of the molecule is Cc1ccc(C(=O)Nc2cc(Nc3c4sc5ccccc5nc-4c4ccccc4c3=O)cc(C(=O)O)c2)cc1C. The number of rotatable bonds is 5. The topological polar surface area (TPSA) is 108 Å². The number of fused-ring (bicyclic) bond motifs is 4. The Labute approximate surface area is 233 Å². The van der Waals surface area contributed by atoms with Gasteiger partial charge in [-0.25, -0.2) is 9.78 Å². The predicted octanol–water partition coefficient (Wildman–Crippen LogP) is 7.23. The number of nitrogens with one attached hydrogen (secondary N) is 2. The second-order valence-corrected chi connectivity index (χ2v) is 10.6. The van der Waals surface area contributed by atoms with Crippen LogP contribution in [-0.4, -0.2) is 22.0 Å². The van der Waals surface area contributed by atoms with E-state index < -0.39 is 5.97 Å². The number of benzene rings is 5. The van der Waals surface area contributed by atoms with Gasteiger partial charge in [-0.05, 0) is 67.4 Å². The van der Waals surface area contributed by atoms with E-state index in [2.05, 4.69) is 10.6 Å². The van der Waals surface area contributed by atoms with Crippen LogP contribution in [0.25, 0.3) is 31.6 Å². The molecule has 1 heterocycles. The zero-order valence-electron chi connectivity index (χ0n) is 21.6. The molecule has 2 aliphatic rings. The summed E-state index contributed by atoms with van der Waals surface area (Å²) in [6.45, 7) is 3.89. The zero-order chi connectivity index (χ0) is 28.0. The molecule has 4 aromatic rings. The fourth-order valence-corrected chi connectivity index (χ4v) is 5.76. The molecule has 196 valence electrons. The Hall–Kier alpha value is -5.08. The summed E-state index contributed by atoms with van der Waals surface area (Å²) in [5.41, 5.74) is 4.67. The summed E-state index contributed by atoms with van der Waals surface area (Å²) in [5, 5.41) is 17.0. The quantitative estimate of drug-likeness (QED) is 0.156. The molecule has 8 heteroatoms. The highest BCUT2D eigenvalue weighted by atomic mass is 32.1. The molecule has 1 amide bonds. The lowest BCUT2D eigenvalue weighted by molar-refractivity contribution is 0.0696. The highest BCUT2D eigenvalue weighted by Crippen LogP contribution is 2.40. The predicted molar refractivity (Wildman–Crippen MR) is 161 cm³/mol. The molecule has 4 aromatic carbocycles.